The smallest absolute Gasteiger partial charge is 0.234 e. The highest BCUT2D eigenvalue weighted by Gasteiger charge is 2.20. The lowest BCUT2D eigenvalue weighted by molar-refractivity contribution is -0.113. The summed E-state index contributed by atoms with van der Waals surface area (Å²) in [6.45, 7) is 4.28. The SMILES string of the molecule is C=CCn1c(SCC(=O)Nc2cccc(OC)c2)nnc1-c1cc(OC)c(OC)c(OC)c1. The van der Waals surface area contributed by atoms with E-state index in [4.69, 9.17) is 18.9 Å². The number of hydrogen-bond donors (Lipinski definition) is 1. The molecule has 0 saturated carbocycles. The Morgan fingerprint density at radius 1 is 1.06 bits per heavy atom. The second-order valence-electron chi connectivity index (χ2n) is 6.69. The van der Waals surface area contributed by atoms with E-state index in [9.17, 15) is 4.79 Å². The number of anilines is 1. The Bertz CT molecular complexity index is 1110. The zero-order chi connectivity index (χ0) is 23.8. The van der Waals surface area contributed by atoms with E-state index in [1.165, 1.54) is 11.8 Å². The van der Waals surface area contributed by atoms with E-state index < -0.39 is 0 Å². The molecule has 0 aliphatic carbocycles. The van der Waals surface area contributed by atoms with Gasteiger partial charge in [0.05, 0.1) is 34.2 Å². The number of benzene rings is 2. The summed E-state index contributed by atoms with van der Waals surface area (Å²) in [6, 6.07) is 10.8. The summed E-state index contributed by atoms with van der Waals surface area (Å²) in [5.41, 5.74) is 1.39. The molecule has 0 bridgehead atoms. The number of carbonyl (C=O) groups is 1. The predicted octanol–water partition coefficient (Wildman–Crippen LogP) is 3.90. The second kappa shape index (κ2) is 11.3. The van der Waals surface area contributed by atoms with Crippen molar-refractivity contribution >= 4 is 23.4 Å². The van der Waals surface area contributed by atoms with Gasteiger partial charge >= 0.3 is 0 Å². The molecule has 1 N–H and O–H groups in total. The van der Waals surface area contributed by atoms with Crippen LogP contribution in [0, 0.1) is 0 Å². The molecule has 2 aromatic carbocycles. The monoisotopic (exact) mass is 470 g/mol. The number of aromatic nitrogens is 3. The van der Waals surface area contributed by atoms with E-state index in [0.717, 1.165) is 5.56 Å². The van der Waals surface area contributed by atoms with Crippen molar-refractivity contribution in [3.63, 3.8) is 0 Å². The first-order valence-corrected chi connectivity index (χ1v) is 10.9. The summed E-state index contributed by atoms with van der Waals surface area (Å²) in [4.78, 5) is 12.5. The van der Waals surface area contributed by atoms with Gasteiger partial charge in [-0.05, 0) is 24.3 Å². The van der Waals surface area contributed by atoms with Crippen molar-refractivity contribution in [3.8, 4) is 34.4 Å². The first-order valence-electron chi connectivity index (χ1n) is 9.95. The number of rotatable bonds is 11. The van der Waals surface area contributed by atoms with E-state index in [0.29, 0.717) is 46.2 Å². The lowest BCUT2D eigenvalue weighted by Gasteiger charge is -2.14. The quantitative estimate of drug-likeness (QED) is 0.333. The van der Waals surface area contributed by atoms with Gasteiger partial charge in [0, 0.05) is 23.9 Å². The minimum Gasteiger partial charge on any atom is -0.497 e. The van der Waals surface area contributed by atoms with Gasteiger partial charge in [-0.15, -0.1) is 16.8 Å². The van der Waals surface area contributed by atoms with Crippen LogP contribution < -0.4 is 24.3 Å². The molecule has 174 valence electrons. The van der Waals surface area contributed by atoms with Crippen LogP contribution in [-0.2, 0) is 11.3 Å². The van der Waals surface area contributed by atoms with Crippen molar-refractivity contribution in [2.75, 3.05) is 39.5 Å². The number of carbonyl (C=O) groups excluding carboxylic acids is 1. The molecule has 3 rings (SSSR count). The maximum Gasteiger partial charge on any atom is 0.234 e. The largest absolute Gasteiger partial charge is 0.497 e. The fraction of sp³-hybridized carbons (Fsp3) is 0.261. The van der Waals surface area contributed by atoms with Crippen LogP contribution in [0.2, 0.25) is 0 Å². The van der Waals surface area contributed by atoms with Crippen LogP contribution in [0.5, 0.6) is 23.0 Å². The van der Waals surface area contributed by atoms with E-state index in [-0.39, 0.29) is 11.7 Å². The maximum absolute atomic E-state index is 12.5. The number of ether oxygens (including phenoxy) is 4. The van der Waals surface area contributed by atoms with Crippen molar-refractivity contribution < 1.29 is 23.7 Å². The first kappa shape index (κ1) is 24.0. The Morgan fingerprint density at radius 2 is 1.79 bits per heavy atom. The van der Waals surface area contributed by atoms with Gasteiger partial charge in [-0.3, -0.25) is 9.36 Å². The minimum absolute atomic E-state index is 0.155. The van der Waals surface area contributed by atoms with Gasteiger partial charge in [0.2, 0.25) is 11.7 Å². The molecule has 0 saturated heterocycles. The molecule has 3 aromatic rings. The maximum atomic E-state index is 12.5. The third-order valence-electron chi connectivity index (χ3n) is 4.64. The summed E-state index contributed by atoms with van der Waals surface area (Å²) in [7, 11) is 6.23. The number of nitrogens with one attached hydrogen (secondary N) is 1. The Hall–Kier alpha value is -3.66. The van der Waals surface area contributed by atoms with Gasteiger partial charge in [0.25, 0.3) is 0 Å². The van der Waals surface area contributed by atoms with Crippen LogP contribution in [0.15, 0.2) is 54.2 Å². The van der Waals surface area contributed by atoms with E-state index in [1.807, 2.05) is 16.7 Å². The molecule has 9 nitrogen and oxygen atoms in total. The summed E-state index contributed by atoms with van der Waals surface area (Å²) >= 11 is 1.28. The van der Waals surface area contributed by atoms with Crippen molar-refractivity contribution in [1.82, 2.24) is 14.8 Å². The molecule has 0 spiro atoms. The van der Waals surface area contributed by atoms with Crippen LogP contribution in [0.3, 0.4) is 0 Å². The van der Waals surface area contributed by atoms with Gasteiger partial charge in [-0.25, -0.2) is 0 Å². The second-order valence-corrected chi connectivity index (χ2v) is 7.63. The lowest BCUT2D eigenvalue weighted by atomic mass is 10.1. The highest BCUT2D eigenvalue weighted by molar-refractivity contribution is 7.99. The van der Waals surface area contributed by atoms with Crippen LogP contribution in [0.4, 0.5) is 5.69 Å². The number of nitrogens with zero attached hydrogens (tertiary/aromatic N) is 3. The molecule has 10 heteroatoms. The van der Waals surface area contributed by atoms with Gasteiger partial charge in [0.15, 0.2) is 22.5 Å². The Morgan fingerprint density at radius 3 is 2.39 bits per heavy atom. The number of amides is 1. The van der Waals surface area contributed by atoms with Gasteiger partial charge in [-0.2, -0.15) is 0 Å². The highest BCUT2D eigenvalue weighted by Crippen LogP contribution is 2.41. The molecule has 0 radical (unpaired) electrons. The third-order valence-corrected chi connectivity index (χ3v) is 5.60. The number of methoxy groups -OCH3 is 4. The summed E-state index contributed by atoms with van der Waals surface area (Å²) < 4.78 is 23.4. The molecule has 0 fully saturated rings. The molecular formula is C23H26N4O5S. The average Bonchev–Trinajstić information content (AvgIpc) is 3.24. The minimum atomic E-state index is -0.171. The normalized spacial score (nSPS) is 10.4. The fourth-order valence-electron chi connectivity index (χ4n) is 3.14. The number of allylic oxidation sites excluding steroid dienone is 1. The molecular weight excluding hydrogens is 444 g/mol. The van der Waals surface area contributed by atoms with Crippen LogP contribution in [0.25, 0.3) is 11.4 Å². The molecule has 0 aliphatic heterocycles. The van der Waals surface area contributed by atoms with E-state index >= 15 is 0 Å². The summed E-state index contributed by atoms with van der Waals surface area (Å²) in [5, 5.41) is 12.1. The molecule has 1 heterocycles. The molecule has 0 atom stereocenters. The van der Waals surface area contributed by atoms with Crippen LogP contribution in [-0.4, -0.2) is 54.9 Å². The molecule has 1 aromatic heterocycles. The summed E-state index contributed by atoms with van der Waals surface area (Å²) in [5.74, 6) is 2.74. The van der Waals surface area contributed by atoms with Crippen molar-refractivity contribution in [1.29, 1.82) is 0 Å². The van der Waals surface area contributed by atoms with E-state index in [1.54, 1.807) is 58.8 Å². The Kier molecular flexibility index (Phi) is 8.20. The highest BCUT2D eigenvalue weighted by atomic mass is 32.2. The average molecular weight is 471 g/mol. The van der Waals surface area contributed by atoms with Crippen molar-refractivity contribution in [2.45, 2.75) is 11.7 Å². The topological polar surface area (TPSA) is 96.7 Å². The Labute approximate surface area is 196 Å². The third kappa shape index (κ3) is 5.58. The Balaban J connectivity index is 1.82. The zero-order valence-electron chi connectivity index (χ0n) is 19.0. The molecule has 33 heavy (non-hydrogen) atoms. The molecule has 0 aliphatic rings. The lowest BCUT2D eigenvalue weighted by Crippen LogP contribution is -2.14. The van der Waals surface area contributed by atoms with E-state index in [2.05, 4.69) is 22.1 Å². The molecule has 1 amide bonds. The zero-order valence-corrected chi connectivity index (χ0v) is 19.8. The van der Waals surface area contributed by atoms with Crippen molar-refractivity contribution in [3.05, 3.63) is 49.1 Å². The first-order chi connectivity index (χ1) is 16.0. The van der Waals surface area contributed by atoms with Crippen molar-refractivity contribution in [2.24, 2.45) is 0 Å². The molecule has 0 unspecified atom stereocenters. The van der Waals surface area contributed by atoms with Crippen LogP contribution in [0.1, 0.15) is 0 Å². The summed E-state index contributed by atoms with van der Waals surface area (Å²) in [6.07, 6.45) is 1.74. The van der Waals surface area contributed by atoms with Gasteiger partial charge in [0.1, 0.15) is 5.75 Å². The fourth-order valence-corrected chi connectivity index (χ4v) is 3.89. The predicted molar refractivity (Wildman–Crippen MR) is 128 cm³/mol. The number of thioether (sulfide) groups is 1. The van der Waals surface area contributed by atoms with Crippen LogP contribution >= 0.6 is 11.8 Å². The number of hydrogen-bond acceptors (Lipinski definition) is 8. The van der Waals surface area contributed by atoms with Gasteiger partial charge in [-0.1, -0.05) is 23.9 Å². The standard InChI is InChI=1S/C23H26N4O5S/c1-6-10-27-22(15-11-18(30-3)21(32-5)19(12-15)31-4)25-26-23(27)33-14-20(28)24-16-8-7-9-17(13-16)29-2/h6-9,11-13H,1,10,14H2,2-5H3,(H,24,28). The van der Waals surface area contributed by atoms with Gasteiger partial charge < -0.3 is 24.3 Å².